The number of ether oxygens (including phenoxy) is 2. The van der Waals surface area contributed by atoms with Crippen molar-refractivity contribution in [3.63, 3.8) is 0 Å². The number of likely N-dealkylation sites (tertiary alicyclic amines) is 1. The van der Waals surface area contributed by atoms with Crippen LogP contribution in [-0.2, 0) is 19.1 Å². The van der Waals surface area contributed by atoms with Crippen LogP contribution in [-0.4, -0.2) is 62.3 Å². The Balaban J connectivity index is 1.67. The third kappa shape index (κ3) is 4.68. The number of hydrogen-bond acceptors (Lipinski definition) is 5. The van der Waals surface area contributed by atoms with Crippen molar-refractivity contribution in [2.45, 2.75) is 25.0 Å². The second-order valence-corrected chi connectivity index (χ2v) is 7.42. The van der Waals surface area contributed by atoms with Gasteiger partial charge in [-0.05, 0) is 30.4 Å². The fourth-order valence-corrected chi connectivity index (χ4v) is 4.15. The molecule has 2 aliphatic rings. The minimum Gasteiger partial charge on any atom is -0.376 e. The van der Waals surface area contributed by atoms with Gasteiger partial charge in [-0.25, -0.2) is 0 Å². The lowest BCUT2D eigenvalue weighted by Gasteiger charge is -2.45. The predicted octanol–water partition coefficient (Wildman–Crippen LogP) is 1.53. The Bertz CT molecular complexity index is 617. The highest BCUT2D eigenvalue weighted by molar-refractivity contribution is 7.10. The topological polar surface area (TPSA) is 67.9 Å². The second-order valence-electron chi connectivity index (χ2n) is 6.44. The molecule has 0 aromatic carbocycles. The molecule has 0 saturated carbocycles. The van der Waals surface area contributed by atoms with E-state index in [-0.39, 0.29) is 36.5 Å². The van der Waals surface area contributed by atoms with Gasteiger partial charge in [0.25, 0.3) is 0 Å². The van der Waals surface area contributed by atoms with Crippen LogP contribution in [0.2, 0.25) is 0 Å². The molecule has 1 N–H and O–H groups in total. The van der Waals surface area contributed by atoms with Gasteiger partial charge < -0.3 is 19.7 Å². The van der Waals surface area contributed by atoms with Gasteiger partial charge in [-0.15, -0.1) is 11.3 Å². The van der Waals surface area contributed by atoms with E-state index < -0.39 is 0 Å². The zero-order chi connectivity index (χ0) is 17.6. The van der Waals surface area contributed by atoms with E-state index in [0.29, 0.717) is 19.7 Å². The summed E-state index contributed by atoms with van der Waals surface area (Å²) in [6.07, 6.45) is 5.44. The summed E-state index contributed by atoms with van der Waals surface area (Å²) in [5.41, 5.74) is 0. The first-order chi connectivity index (χ1) is 12.2. The van der Waals surface area contributed by atoms with E-state index in [1.54, 1.807) is 17.4 Å². The molecule has 0 bridgehead atoms. The molecule has 2 saturated heterocycles. The predicted molar refractivity (Wildman–Crippen MR) is 96.2 cm³/mol. The van der Waals surface area contributed by atoms with Crippen LogP contribution >= 0.6 is 11.3 Å². The van der Waals surface area contributed by atoms with Crippen molar-refractivity contribution >= 4 is 29.2 Å². The number of thiophene rings is 1. The highest BCUT2D eigenvalue weighted by atomic mass is 32.1. The van der Waals surface area contributed by atoms with Crippen molar-refractivity contribution in [1.82, 2.24) is 10.2 Å². The van der Waals surface area contributed by atoms with E-state index in [0.717, 1.165) is 17.7 Å². The van der Waals surface area contributed by atoms with Gasteiger partial charge in [-0.3, -0.25) is 9.59 Å². The molecule has 0 aliphatic carbocycles. The van der Waals surface area contributed by atoms with E-state index in [1.165, 1.54) is 7.11 Å². The van der Waals surface area contributed by atoms with E-state index in [4.69, 9.17) is 9.47 Å². The quantitative estimate of drug-likeness (QED) is 0.805. The maximum Gasteiger partial charge on any atom is 0.246 e. The summed E-state index contributed by atoms with van der Waals surface area (Å²) in [5, 5.41) is 4.95. The first-order valence-electron chi connectivity index (χ1n) is 8.58. The summed E-state index contributed by atoms with van der Waals surface area (Å²) in [6.45, 7) is 1.86. The monoisotopic (exact) mass is 364 g/mol. The molecule has 3 rings (SSSR count). The van der Waals surface area contributed by atoms with Gasteiger partial charge in [-0.2, -0.15) is 0 Å². The molecule has 3 heterocycles. The van der Waals surface area contributed by atoms with Gasteiger partial charge in [-0.1, -0.05) is 6.07 Å². The van der Waals surface area contributed by atoms with Crippen LogP contribution < -0.4 is 5.32 Å². The van der Waals surface area contributed by atoms with Crippen molar-refractivity contribution < 1.29 is 19.1 Å². The molecule has 2 amide bonds. The Morgan fingerprint density at radius 3 is 3.12 bits per heavy atom. The van der Waals surface area contributed by atoms with E-state index in [9.17, 15) is 9.59 Å². The zero-order valence-electron chi connectivity index (χ0n) is 14.3. The molecule has 2 aliphatic heterocycles. The molecule has 0 radical (unpaired) electrons. The zero-order valence-corrected chi connectivity index (χ0v) is 15.2. The van der Waals surface area contributed by atoms with Crippen LogP contribution in [0, 0.1) is 5.92 Å². The standard InChI is InChI=1S/C18H24N2O4S/c1-23-12-16(21)19-15-11-20(10-13-4-2-8-24-18(13)15)17(22)7-6-14-5-3-9-25-14/h3,5-7,9,13,15,18H,2,4,8,10-12H2,1H3,(H,19,21)/b7-6+/t13-,15+,18-/m0/s1. The first-order valence-corrected chi connectivity index (χ1v) is 9.45. The average Bonchev–Trinajstić information content (AvgIpc) is 3.13. The van der Waals surface area contributed by atoms with Gasteiger partial charge >= 0.3 is 0 Å². The third-order valence-corrected chi connectivity index (χ3v) is 5.47. The Hall–Kier alpha value is -1.70. The summed E-state index contributed by atoms with van der Waals surface area (Å²) >= 11 is 1.60. The van der Waals surface area contributed by atoms with Gasteiger partial charge in [0.15, 0.2) is 0 Å². The molecule has 1 aromatic rings. The van der Waals surface area contributed by atoms with E-state index in [2.05, 4.69) is 5.32 Å². The number of fused-ring (bicyclic) bond motifs is 1. The minimum atomic E-state index is -0.194. The molecule has 0 spiro atoms. The lowest BCUT2D eigenvalue weighted by atomic mass is 9.85. The number of hydrogen-bond donors (Lipinski definition) is 1. The van der Waals surface area contributed by atoms with Crippen LogP contribution in [0.15, 0.2) is 23.6 Å². The molecule has 1 aromatic heterocycles. The number of nitrogens with one attached hydrogen (secondary N) is 1. The summed E-state index contributed by atoms with van der Waals surface area (Å²) in [6, 6.07) is 3.74. The fraction of sp³-hybridized carbons (Fsp3) is 0.556. The minimum absolute atomic E-state index is 0.0140. The summed E-state index contributed by atoms with van der Waals surface area (Å²) in [7, 11) is 1.49. The number of rotatable bonds is 5. The third-order valence-electron chi connectivity index (χ3n) is 4.63. The summed E-state index contributed by atoms with van der Waals surface area (Å²) in [4.78, 5) is 27.4. The van der Waals surface area contributed by atoms with Gasteiger partial charge in [0.1, 0.15) is 6.61 Å². The number of amides is 2. The second kappa shape index (κ2) is 8.60. The fourth-order valence-electron chi connectivity index (χ4n) is 3.54. The number of carbonyl (C=O) groups is 2. The molecule has 7 heteroatoms. The molecule has 25 heavy (non-hydrogen) atoms. The highest BCUT2D eigenvalue weighted by Crippen LogP contribution is 2.29. The largest absolute Gasteiger partial charge is 0.376 e. The van der Waals surface area contributed by atoms with Crippen molar-refractivity contribution in [1.29, 1.82) is 0 Å². The highest BCUT2D eigenvalue weighted by Gasteiger charge is 2.40. The van der Waals surface area contributed by atoms with Crippen molar-refractivity contribution in [3.05, 3.63) is 28.5 Å². The molecular weight excluding hydrogens is 340 g/mol. The molecule has 136 valence electrons. The SMILES string of the molecule is COCC(=O)N[C@@H]1CN(C(=O)/C=C/c2cccs2)C[C@@H]2CCCO[C@@H]21. The number of methoxy groups -OCH3 is 1. The first kappa shape index (κ1) is 18.1. The number of piperidine rings is 1. The molecule has 3 atom stereocenters. The molecule has 2 fully saturated rings. The smallest absolute Gasteiger partial charge is 0.246 e. The van der Waals surface area contributed by atoms with Crippen LogP contribution in [0.5, 0.6) is 0 Å². The average molecular weight is 364 g/mol. The maximum atomic E-state index is 12.6. The summed E-state index contributed by atoms with van der Waals surface area (Å²) in [5.74, 6) is 0.0571. The molecule has 6 nitrogen and oxygen atoms in total. The van der Waals surface area contributed by atoms with Crippen LogP contribution in [0.3, 0.4) is 0 Å². The molecule has 0 unspecified atom stereocenters. The summed E-state index contributed by atoms with van der Waals surface area (Å²) < 4.78 is 10.8. The Labute approximate surface area is 151 Å². The van der Waals surface area contributed by atoms with Gasteiger partial charge in [0, 0.05) is 43.7 Å². The van der Waals surface area contributed by atoms with Gasteiger partial charge in [0.2, 0.25) is 11.8 Å². The Kier molecular flexibility index (Phi) is 6.23. The Morgan fingerprint density at radius 1 is 1.48 bits per heavy atom. The Morgan fingerprint density at radius 2 is 2.36 bits per heavy atom. The van der Waals surface area contributed by atoms with Crippen LogP contribution in [0.1, 0.15) is 17.7 Å². The number of nitrogens with zero attached hydrogens (tertiary/aromatic N) is 1. The van der Waals surface area contributed by atoms with Crippen LogP contribution in [0.4, 0.5) is 0 Å². The molecular formula is C18H24N2O4S. The lowest BCUT2D eigenvalue weighted by molar-refractivity contribution is -0.141. The number of carbonyl (C=O) groups excluding carboxylic acids is 2. The van der Waals surface area contributed by atoms with Crippen molar-refractivity contribution in [2.75, 3.05) is 33.4 Å². The van der Waals surface area contributed by atoms with Gasteiger partial charge in [0.05, 0.1) is 12.1 Å². The van der Waals surface area contributed by atoms with E-state index in [1.807, 2.05) is 28.5 Å². The van der Waals surface area contributed by atoms with Crippen molar-refractivity contribution in [3.8, 4) is 0 Å². The van der Waals surface area contributed by atoms with E-state index >= 15 is 0 Å². The van der Waals surface area contributed by atoms with Crippen molar-refractivity contribution in [2.24, 2.45) is 5.92 Å². The maximum absolute atomic E-state index is 12.6. The lowest BCUT2D eigenvalue weighted by Crippen LogP contribution is -2.62. The van der Waals surface area contributed by atoms with Crippen LogP contribution in [0.25, 0.3) is 6.08 Å². The normalized spacial score (nSPS) is 26.4.